The van der Waals surface area contributed by atoms with Crippen LogP contribution in [-0.4, -0.2) is 23.4 Å². The summed E-state index contributed by atoms with van der Waals surface area (Å²) in [5.41, 5.74) is 3.61. The number of amides is 1. The number of hydrogen-bond donors (Lipinski definition) is 3. The molecule has 1 aromatic heterocycles. The second-order valence-corrected chi connectivity index (χ2v) is 8.23. The molecule has 0 radical (unpaired) electrons. The molecule has 1 fully saturated rings. The van der Waals surface area contributed by atoms with Gasteiger partial charge in [-0.15, -0.1) is 0 Å². The van der Waals surface area contributed by atoms with Crippen molar-refractivity contribution in [3.63, 3.8) is 0 Å². The number of nitrogens with one attached hydrogen (secondary N) is 3. The first kappa shape index (κ1) is 22.6. The van der Waals surface area contributed by atoms with Crippen LogP contribution in [0.1, 0.15) is 43.9 Å². The van der Waals surface area contributed by atoms with E-state index in [1.807, 2.05) is 61.5 Å². The van der Waals surface area contributed by atoms with Crippen LogP contribution in [-0.2, 0) is 17.9 Å². The van der Waals surface area contributed by atoms with Crippen molar-refractivity contribution in [1.82, 2.24) is 15.6 Å². The average molecular weight is 446 g/mol. The number of aromatic nitrogens is 1. The standard InChI is InChI=1S/C26H31N5O2/c1-2-27-26(29-17-23-18-33-25(31-23)21-12-4-3-5-13-21)28-16-19-9-8-14-22(15-19)30-24(32)20-10-6-7-11-20/h3-5,8-9,12-15,18,20H,2,6-7,10-11,16-17H2,1H3,(H,30,32)(H2,27,28,29). The second-order valence-electron chi connectivity index (χ2n) is 8.23. The lowest BCUT2D eigenvalue weighted by atomic mass is 10.1. The molecule has 0 atom stereocenters. The predicted octanol–water partition coefficient (Wildman–Crippen LogP) is 4.73. The minimum Gasteiger partial charge on any atom is -0.444 e. The van der Waals surface area contributed by atoms with Crippen molar-refractivity contribution in [2.45, 2.75) is 45.7 Å². The smallest absolute Gasteiger partial charge is 0.227 e. The summed E-state index contributed by atoms with van der Waals surface area (Å²) in [6.07, 6.45) is 5.94. The van der Waals surface area contributed by atoms with Crippen LogP contribution in [0.15, 0.2) is 70.3 Å². The number of carbonyl (C=O) groups excluding carboxylic acids is 1. The number of aliphatic imine (C=N–C) groups is 1. The quantitative estimate of drug-likeness (QED) is 0.345. The number of hydrogen-bond acceptors (Lipinski definition) is 4. The van der Waals surface area contributed by atoms with Gasteiger partial charge in [0.25, 0.3) is 0 Å². The molecule has 1 aliphatic carbocycles. The normalized spacial score (nSPS) is 14.3. The Bertz CT molecular complexity index is 1070. The van der Waals surface area contributed by atoms with E-state index >= 15 is 0 Å². The van der Waals surface area contributed by atoms with Gasteiger partial charge in [-0.05, 0) is 49.6 Å². The Labute approximate surface area is 194 Å². The van der Waals surface area contributed by atoms with Crippen LogP contribution in [0.3, 0.4) is 0 Å². The van der Waals surface area contributed by atoms with Crippen LogP contribution < -0.4 is 16.0 Å². The number of guanidine groups is 1. The van der Waals surface area contributed by atoms with Gasteiger partial charge in [0.05, 0.1) is 18.8 Å². The van der Waals surface area contributed by atoms with Crippen LogP contribution in [0.5, 0.6) is 0 Å². The molecular weight excluding hydrogens is 414 g/mol. The Morgan fingerprint density at radius 2 is 1.91 bits per heavy atom. The molecule has 172 valence electrons. The van der Waals surface area contributed by atoms with E-state index in [0.717, 1.165) is 54.7 Å². The van der Waals surface area contributed by atoms with Crippen LogP contribution >= 0.6 is 0 Å². The molecule has 1 amide bonds. The molecule has 1 saturated carbocycles. The molecule has 2 aromatic carbocycles. The lowest BCUT2D eigenvalue weighted by Gasteiger charge is -2.12. The fourth-order valence-electron chi connectivity index (χ4n) is 3.97. The molecule has 4 rings (SSSR count). The maximum atomic E-state index is 12.4. The van der Waals surface area contributed by atoms with Crippen molar-refractivity contribution < 1.29 is 9.21 Å². The summed E-state index contributed by atoms with van der Waals surface area (Å²) in [6, 6.07) is 17.7. The van der Waals surface area contributed by atoms with Gasteiger partial charge in [-0.2, -0.15) is 0 Å². The molecule has 0 spiro atoms. The van der Waals surface area contributed by atoms with Gasteiger partial charge in [-0.25, -0.2) is 9.98 Å². The molecule has 0 aliphatic heterocycles. The first-order valence-corrected chi connectivity index (χ1v) is 11.6. The minimum absolute atomic E-state index is 0.130. The van der Waals surface area contributed by atoms with E-state index in [4.69, 9.17) is 4.42 Å². The second kappa shape index (κ2) is 11.3. The first-order valence-electron chi connectivity index (χ1n) is 11.6. The third kappa shape index (κ3) is 6.44. The highest BCUT2D eigenvalue weighted by atomic mass is 16.3. The van der Waals surface area contributed by atoms with Gasteiger partial charge < -0.3 is 20.4 Å². The third-order valence-electron chi connectivity index (χ3n) is 5.69. The van der Waals surface area contributed by atoms with Crippen molar-refractivity contribution in [2.75, 3.05) is 11.9 Å². The highest BCUT2D eigenvalue weighted by Gasteiger charge is 2.22. The summed E-state index contributed by atoms with van der Waals surface area (Å²) in [7, 11) is 0. The molecule has 0 bridgehead atoms. The largest absolute Gasteiger partial charge is 0.444 e. The van der Waals surface area contributed by atoms with Gasteiger partial charge >= 0.3 is 0 Å². The number of nitrogens with zero attached hydrogens (tertiary/aromatic N) is 2. The summed E-state index contributed by atoms with van der Waals surface area (Å²) < 4.78 is 5.61. The summed E-state index contributed by atoms with van der Waals surface area (Å²) in [5, 5.41) is 9.62. The maximum absolute atomic E-state index is 12.4. The fraction of sp³-hybridized carbons (Fsp3) is 0.346. The molecule has 33 heavy (non-hydrogen) atoms. The number of carbonyl (C=O) groups is 1. The Hall–Kier alpha value is -3.61. The molecule has 1 aliphatic rings. The molecule has 7 nitrogen and oxygen atoms in total. The molecule has 1 heterocycles. The topological polar surface area (TPSA) is 91.5 Å². The lowest BCUT2D eigenvalue weighted by Crippen LogP contribution is -2.36. The van der Waals surface area contributed by atoms with Crippen molar-refractivity contribution in [1.29, 1.82) is 0 Å². The highest BCUT2D eigenvalue weighted by Crippen LogP contribution is 2.26. The Kier molecular flexibility index (Phi) is 7.74. The third-order valence-corrected chi connectivity index (χ3v) is 5.69. The van der Waals surface area contributed by atoms with E-state index in [2.05, 4.69) is 25.9 Å². The van der Waals surface area contributed by atoms with Gasteiger partial charge in [0.2, 0.25) is 11.8 Å². The van der Waals surface area contributed by atoms with Gasteiger partial charge in [0.1, 0.15) is 6.26 Å². The van der Waals surface area contributed by atoms with Crippen molar-refractivity contribution >= 4 is 17.6 Å². The molecule has 3 N–H and O–H groups in total. The van der Waals surface area contributed by atoms with Crippen LogP contribution in [0.2, 0.25) is 0 Å². The zero-order chi connectivity index (χ0) is 22.9. The summed E-state index contributed by atoms with van der Waals surface area (Å²) in [6.45, 7) is 3.77. The molecule has 3 aromatic rings. The monoisotopic (exact) mass is 445 g/mol. The number of benzene rings is 2. The summed E-state index contributed by atoms with van der Waals surface area (Å²) in [5.74, 6) is 1.58. The Morgan fingerprint density at radius 3 is 2.70 bits per heavy atom. The zero-order valence-corrected chi connectivity index (χ0v) is 19.0. The van der Waals surface area contributed by atoms with Gasteiger partial charge in [0, 0.05) is 23.7 Å². The summed E-state index contributed by atoms with van der Waals surface area (Å²) >= 11 is 0. The number of oxazole rings is 1. The van der Waals surface area contributed by atoms with E-state index in [-0.39, 0.29) is 11.8 Å². The Morgan fingerprint density at radius 1 is 1.09 bits per heavy atom. The number of rotatable bonds is 8. The van der Waals surface area contributed by atoms with Crippen molar-refractivity contribution in [2.24, 2.45) is 10.9 Å². The van der Waals surface area contributed by atoms with Crippen LogP contribution in [0.4, 0.5) is 5.69 Å². The van der Waals surface area contributed by atoms with E-state index in [9.17, 15) is 4.79 Å². The van der Waals surface area contributed by atoms with Gasteiger partial charge in [0.15, 0.2) is 5.96 Å². The fourth-order valence-corrected chi connectivity index (χ4v) is 3.97. The van der Waals surface area contributed by atoms with E-state index in [1.54, 1.807) is 6.26 Å². The molecule has 0 saturated heterocycles. The Balaban J connectivity index is 1.34. The van der Waals surface area contributed by atoms with Crippen molar-refractivity contribution in [3.05, 3.63) is 72.1 Å². The van der Waals surface area contributed by atoms with Crippen LogP contribution in [0.25, 0.3) is 11.5 Å². The average Bonchev–Trinajstić information content (AvgIpc) is 3.54. The lowest BCUT2D eigenvalue weighted by molar-refractivity contribution is -0.119. The zero-order valence-electron chi connectivity index (χ0n) is 19.0. The van der Waals surface area contributed by atoms with E-state index in [1.165, 1.54) is 0 Å². The van der Waals surface area contributed by atoms with Crippen LogP contribution in [0, 0.1) is 5.92 Å². The van der Waals surface area contributed by atoms with Gasteiger partial charge in [-0.1, -0.05) is 43.2 Å². The highest BCUT2D eigenvalue weighted by molar-refractivity contribution is 5.92. The molecular formula is C26H31N5O2. The van der Waals surface area contributed by atoms with Gasteiger partial charge in [-0.3, -0.25) is 4.79 Å². The molecule has 7 heteroatoms. The minimum atomic E-state index is 0.130. The predicted molar refractivity (Wildman–Crippen MR) is 131 cm³/mol. The SMILES string of the molecule is CCNC(=NCc1cccc(NC(=O)C2CCCC2)c1)NCc1coc(-c2ccccc2)n1. The number of anilines is 1. The first-order chi connectivity index (χ1) is 16.2. The van der Waals surface area contributed by atoms with E-state index < -0.39 is 0 Å². The summed E-state index contributed by atoms with van der Waals surface area (Å²) in [4.78, 5) is 21.7. The maximum Gasteiger partial charge on any atom is 0.227 e. The molecule has 0 unspecified atom stereocenters. The van der Waals surface area contributed by atoms with Crippen molar-refractivity contribution in [3.8, 4) is 11.5 Å². The van der Waals surface area contributed by atoms with E-state index in [0.29, 0.717) is 24.9 Å².